The normalized spacial score (nSPS) is 15.6. The minimum atomic E-state index is -0.314. The summed E-state index contributed by atoms with van der Waals surface area (Å²) in [6, 6.07) is 17.5. The number of benzene rings is 2. The zero-order valence-electron chi connectivity index (χ0n) is 11.7. The number of nitro groups is 1. The molecule has 1 saturated carbocycles. The van der Waals surface area contributed by atoms with Gasteiger partial charge in [0, 0.05) is 24.2 Å². The van der Waals surface area contributed by atoms with Gasteiger partial charge in [-0.15, -0.1) is 0 Å². The Balaban J connectivity index is 1.75. The SMILES string of the molecule is O=[N+]([O-])c1ccccc1CNC(c1ccccc1)C1CC1. The molecule has 0 spiro atoms. The molecule has 0 saturated heterocycles. The van der Waals surface area contributed by atoms with E-state index in [0.29, 0.717) is 12.5 Å². The molecular weight excluding hydrogens is 264 g/mol. The monoisotopic (exact) mass is 282 g/mol. The van der Waals surface area contributed by atoms with Crippen molar-refractivity contribution in [1.82, 2.24) is 5.32 Å². The van der Waals surface area contributed by atoms with E-state index in [-0.39, 0.29) is 16.7 Å². The summed E-state index contributed by atoms with van der Waals surface area (Å²) >= 11 is 0. The fraction of sp³-hybridized carbons (Fsp3) is 0.294. The molecule has 0 amide bonds. The zero-order valence-corrected chi connectivity index (χ0v) is 11.7. The average Bonchev–Trinajstić information content (AvgIpc) is 3.34. The van der Waals surface area contributed by atoms with E-state index in [0.717, 1.165) is 5.56 Å². The minimum Gasteiger partial charge on any atom is -0.305 e. The van der Waals surface area contributed by atoms with Crippen LogP contribution in [0.2, 0.25) is 0 Å². The molecule has 108 valence electrons. The highest BCUT2D eigenvalue weighted by molar-refractivity contribution is 5.39. The Labute approximate surface area is 124 Å². The Kier molecular flexibility index (Phi) is 3.97. The van der Waals surface area contributed by atoms with Crippen molar-refractivity contribution in [2.24, 2.45) is 5.92 Å². The summed E-state index contributed by atoms with van der Waals surface area (Å²) in [5.41, 5.74) is 2.19. The second-order valence-corrected chi connectivity index (χ2v) is 5.49. The number of nitrogens with zero attached hydrogens (tertiary/aromatic N) is 1. The van der Waals surface area contributed by atoms with E-state index in [4.69, 9.17) is 0 Å². The summed E-state index contributed by atoms with van der Waals surface area (Å²) in [5.74, 6) is 0.648. The fourth-order valence-electron chi connectivity index (χ4n) is 2.70. The van der Waals surface area contributed by atoms with Crippen molar-refractivity contribution in [1.29, 1.82) is 0 Å². The second kappa shape index (κ2) is 6.06. The molecule has 1 atom stereocenters. The lowest BCUT2D eigenvalue weighted by Crippen LogP contribution is -2.23. The molecule has 0 radical (unpaired) electrons. The summed E-state index contributed by atoms with van der Waals surface area (Å²) in [5, 5.41) is 14.6. The quantitative estimate of drug-likeness (QED) is 0.647. The highest BCUT2D eigenvalue weighted by Gasteiger charge is 2.32. The van der Waals surface area contributed by atoms with Gasteiger partial charge in [-0.3, -0.25) is 10.1 Å². The molecule has 1 aliphatic carbocycles. The topological polar surface area (TPSA) is 55.2 Å². The molecular formula is C17H18N2O2. The first kappa shape index (κ1) is 13.8. The first-order chi connectivity index (χ1) is 10.3. The molecule has 2 aromatic rings. The van der Waals surface area contributed by atoms with Gasteiger partial charge in [-0.2, -0.15) is 0 Å². The Morgan fingerprint density at radius 2 is 1.76 bits per heavy atom. The Bertz CT molecular complexity index is 624. The van der Waals surface area contributed by atoms with Gasteiger partial charge in [-0.1, -0.05) is 48.5 Å². The van der Waals surface area contributed by atoms with Crippen LogP contribution < -0.4 is 5.32 Å². The van der Waals surface area contributed by atoms with Crippen LogP contribution in [0.15, 0.2) is 54.6 Å². The van der Waals surface area contributed by atoms with Gasteiger partial charge in [0.15, 0.2) is 0 Å². The minimum absolute atomic E-state index is 0.188. The standard InChI is InChI=1S/C17H18N2O2/c20-19(21)16-9-5-4-8-15(16)12-18-17(14-10-11-14)13-6-2-1-3-7-13/h1-9,14,17-18H,10-12H2. The molecule has 0 bridgehead atoms. The van der Waals surface area contributed by atoms with E-state index >= 15 is 0 Å². The maximum absolute atomic E-state index is 11.1. The summed E-state index contributed by atoms with van der Waals surface area (Å²) in [6.07, 6.45) is 2.45. The van der Waals surface area contributed by atoms with Crippen LogP contribution in [-0.4, -0.2) is 4.92 Å². The lowest BCUT2D eigenvalue weighted by molar-refractivity contribution is -0.385. The van der Waals surface area contributed by atoms with Crippen LogP contribution in [0.5, 0.6) is 0 Å². The third-order valence-corrected chi connectivity index (χ3v) is 3.95. The van der Waals surface area contributed by atoms with Crippen molar-refractivity contribution >= 4 is 5.69 Å². The van der Waals surface area contributed by atoms with Gasteiger partial charge < -0.3 is 5.32 Å². The molecule has 4 nitrogen and oxygen atoms in total. The van der Waals surface area contributed by atoms with E-state index in [9.17, 15) is 10.1 Å². The number of rotatable bonds is 6. The Hall–Kier alpha value is -2.20. The van der Waals surface area contributed by atoms with Crippen molar-refractivity contribution in [3.8, 4) is 0 Å². The van der Waals surface area contributed by atoms with Crippen LogP contribution in [0.25, 0.3) is 0 Å². The van der Waals surface area contributed by atoms with Gasteiger partial charge in [-0.05, 0) is 24.3 Å². The fourth-order valence-corrected chi connectivity index (χ4v) is 2.70. The van der Waals surface area contributed by atoms with Crippen LogP contribution in [0.1, 0.15) is 30.0 Å². The van der Waals surface area contributed by atoms with Crippen molar-refractivity contribution in [3.05, 3.63) is 75.8 Å². The molecule has 0 aliphatic heterocycles. The van der Waals surface area contributed by atoms with Crippen LogP contribution in [0, 0.1) is 16.0 Å². The molecule has 4 heteroatoms. The van der Waals surface area contributed by atoms with Gasteiger partial charge >= 0.3 is 0 Å². The molecule has 21 heavy (non-hydrogen) atoms. The molecule has 2 aromatic carbocycles. The Morgan fingerprint density at radius 3 is 2.43 bits per heavy atom. The maximum atomic E-state index is 11.1. The summed E-state index contributed by atoms with van der Waals surface area (Å²) in [4.78, 5) is 10.7. The third kappa shape index (κ3) is 3.28. The number of hydrogen-bond acceptors (Lipinski definition) is 3. The number of nitro benzene ring substituents is 1. The third-order valence-electron chi connectivity index (χ3n) is 3.95. The van der Waals surface area contributed by atoms with E-state index in [1.807, 2.05) is 30.3 Å². The van der Waals surface area contributed by atoms with Crippen LogP contribution >= 0.6 is 0 Å². The molecule has 0 aromatic heterocycles. The smallest absolute Gasteiger partial charge is 0.273 e. The van der Waals surface area contributed by atoms with E-state index in [2.05, 4.69) is 17.4 Å². The predicted octanol–water partition coefficient (Wildman–Crippen LogP) is 3.84. The highest BCUT2D eigenvalue weighted by atomic mass is 16.6. The van der Waals surface area contributed by atoms with E-state index in [1.165, 1.54) is 18.4 Å². The van der Waals surface area contributed by atoms with Gasteiger partial charge in [0.05, 0.1) is 4.92 Å². The van der Waals surface area contributed by atoms with Gasteiger partial charge in [0.1, 0.15) is 0 Å². The van der Waals surface area contributed by atoms with E-state index in [1.54, 1.807) is 12.1 Å². The van der Waals surface area contributed by atoms with E-state index < -0.39 is 0 Å². The molecule has 0 heterocycles. The molecule has 1 fully saturated rings. The second-order valence-electron chi connectivity index (χ2n) is 5.49. The largest absolute Gasteiger partial charge is 0.305 e. The number of para-hydroxylation sites is 1. The van der Waals surface area contributed by atoms with Crippen molar-refractivity contribution in [2.45, 2.75) is 25.4 Å². The highest BCUT2D eigenvalue weighted by Crippen LogP contribution is 2.41. The zero-order chi connectivity index (χ0) is 14.7. The van der Waals surface area contributed by atoms with Gasteiger partial charge in [-0.25, -0.2) is 0 Å². The summed E-state index contributed by atoms with van der Waals surface area (Å²) in [6.45, 7) is 0.521. The van der Waals surface area contributed by atoms with Crippen molar-refractivity contribution < 1.29 is 4.92 Å². The lowest BCUT2D eigenvalue weighted by atomic mass is 10.0. The van der Waals surface area contributed by atoms with Gasteiger partial charge in [0.2, 0.25) is 0 Å². The molecule has 1 aliphatic rings. The first-order valence-electron chi connectivity index (χ1n) is 7.26. The van der Waals surface area contributed by atoms with Gasteiger partial charge in [0.25, 0.3) is 5.69 Å². The molecule has 1 N–H and O–H groups in total. The number of nitrogens with one attached hydrogen (secondary N) is 1. The van der Waals surface area contributed by atoms with Crippen LogP contribution in [0.3, 0.4) is 0 Å². The molecule has 3 rings (SSSR count). The Morgan fingerprint density at radius 1 is 1.10 bits per heavy atom. The summed E-state index contributed by atoms with van der Waals surface area (Å²) in [7, 11) is 0. The number of hydrogen-bond donors (Lipinski definition) is 1. The van der Waals surface area contributed by atoms with Crippen molar-refractivity contribution in [2.75, 3.05) is 0 Å². The van der Waals surface area contributed by atoms with Crippen LogP contribution in [0.4, 0.5) is 5.69 Å². The molecule has 1 unspecified atom stereocenters. The predicted molar refractivity (Wildman–Crippen MR) is 81.8 cm³/mol. The summed E-state index contributed by atoms with van der Waals surface area (Å²) < 4.78 is 0. The lowest BCUT2D eigenvalue weighted by Gasteiger charge is -2.18. The van der Waals surface area contributed by atoms with Crippen LogP contribution in [-0.2, 0) is 6.54 Å². The average molecular weight is 282 g/mol. The van der Waals surface area contributed by atoms with Crippen molar-refractivity contribution in [3.63, 3.8) is 0 Å². The first-order valence-corrected chi connectivity index (χ1v) is 7.26. The maximum Gasteiger partial charge on any atom is 0.273 e.